The molecule has 6 heteroatoms. The minimum atomic E-state index is -3.73. The summed E-state index contributed by atoms with van der Waals surface area (Å²) in [6, 6.07) is 67.2. The van der Waals surface area contributed by atoms with Crippen LogP contribution < -0.4 is 0 Å². The second kappa shape index (κ2) is 13.4. The number of benzene rings is 8. The van der Waals surface area contributed by atoms with Crippen LogP contribution in [0.1, 0.15) is 0 Å². The lowest BCUT2D eigenvalue weighted by molar-refractivity contribution is 0.599. The lowest BCUT2D eigenvalue weighted by Gasteiger charge is -2.16. The first kappa shape index (κ1) is 33.9. The molecule has 0 atom stereocenters. The summed E-state index contributed by atoms with van der Waals surface area (Å²) in [6.07, 6.45) is 0. The Morgan fingerprint density at radius 2 is 0.914 bits per heavy atom. The van der Waals surface area contributed by atoms with Crippen molar-refractivity contribution >= 4 is 31.6 Å². The van der Waals surface area contributed by atoms with Gasteiger partial charge in [0.05, 0.1) is 37.9 Å². The molecule has 0 spiro atoms. The third-order valence-corrected chi connectivity index (χ3v) is 13.1. The van der Waals surface area contributed by atoms with Crippen LogP contribution in [0.25, 0.3) is 94.8 Å². The summed E-state index contributed by atoms with van der Waals surface area (Å²) in [7, 11) is -3.73. The molecule has 0 unspecified atom stereocenters. The maximum atomic E-state index is 14.1. The zero-order valence-corrected chi connectivity index (χ0v) is 31.9. The molecule has 8 aromatic carbocycles. The lowest BCUT2D eigenvalue weighted by atomic mass is 9.97. The van der Waals surface area contributed by atoms with Crippen molar-refractivity contribution in [3.8, 4) is 73.0 Å². The molecule has 0 aliphatic carbocycles. The van der Waals surface area contributed by atoms with E-state index in [-0.39, 0.29) is 0 Å². The van der Waals surface area contributed by atoms with Gasteiger partial charge in [0.15, 0.2) is 5.82 Å². The van der Waals surface area contributed by atoms with Gasteiger partial charge in [0.2, 0.25) is 9.84 Å². The molecule has 0 fully saturated rings. The number of aromatic nitrogens is 3. The predicted molar refractivity (Wildman–Crippen MR) is 234 cm³/mol. The van der Waals surface area contributed by atoms with E-state index < -0.39 is 9.84 Å². The first-order valence-electron chi connectivity index (χ1n) is 19.2. The highest BCUT2D eigenvalue weighted by atomic mass is 32.2. The van der Waals surface area contributed by atoms with Gasteiger partial charge in [-0.2, -0.15) is 0 Å². The number of sulfone groups is 1. The topological polar surface area (TPSA) is 64.8 Å². The molecule has 0 amide bonds. The van der Waals surface area contributed by atoms with E-state index in [1.54, 1.807) is 12.1 Å². The Balaban J connectivity index is 1.05. The molecule has 0 saturated carbocycles. The maximum absolute atomic E-state index is 14.1. The molecular weight excluding hydrogens is 731 g/mol. The molecule has 0 bridgehead atoms. The van der Waals surface area contributed by atoms with E-state index in [1.807, 2.05) is 84.9 Å². The molecule has 5 nitrogen and oxygen atoms in total. The van der Waals surface area contributed by atoms with Crippen LogP contribution >= 0.6 is 0 Å². The minimum absolute atomic E-state index is 0.357. The Labute approximate surface area is 336 Å². The van der Waals surface area contributed by atoms with Crippen LogP contribution in [0.4, 0.5) is 0 Å². The van der Waals surface area contributed by atoms with Crippen LogP contribution in [0.15, 0.2) is 210 Å². The van der Waals surface area contributed by atoms with Gasteiger partial charge < -0.3 is 4.57 Å². The quantitative estimate of drug-likeness (QED) is 0.169. The molecule has 0 radical (unpaired) electrons. The molecule has 11 rings (SSSR count). The zero-order chi connectivity index (χ0) is 38.8. The van der Waals surface area contributed by atoms with Gasteiger partial charge in [-0.3, -0.25) is 0 Å². The second-order valence-corrected chi connectivity index (χ2v) is 16.4. The van der Waals surface area contributed by atoms with Crippen molar-refractivity contribution in [3.63, 3.8) is 0 Å². The van der Waals surface area contributed by atoms with Crippen molar-refractivity contribution in [2.45, 2.75) is 9.79 Å². The Morgan fingerprint density at radius 3 is 1.67 bits per heavy atom. The van der Waals surface area contributed by atoms with E-state index in [0.717, 1.165) is 83.4 Å². The zero-order valence-electron chi connectivity index (χ0n) is 31.1. The average molecular weight is 764 g/mol. The van der Waals surface area contributed by atoms with Gasteiger partial charge in [0, 0.05) is 49.7 Å². The summed E-state index contributed by atoms with van der Waals surface area (Å²) in [5, 5.41) is 2.20. The Kier molecular flexibility index (Phi) is 7.81. The molecule has 3 heterocycles. The van der Waals surface area contributed by atoms with Crippen molar-refractivity contribution < 1.29 is 8.42 Å². The van der Waals surface area contributed by atoms with Crippen LogP contribution in [0.5, 0.6) is 0 Å². The molecule has 58 heavy (non-hydrogen) atoms. The number of hydrogen-bond acceptors (Lipinski definition) is 4. The number of hydrogen-bond donors (Lipinski definition) is 0. The van der Waals surface area contributed by atoms with E-state index in [1.165, 1.54) is 0 Å². The number of fused-ring (bicyclic) bond motifs is 6. The SMILES string of the molecule is O=S1(=O)c2ccccc2-c2cccc(-c3ccccc3-n3c4ccccc4c4cc(-c5cccc(-c6nc(-c7ccccc7)cc(-c7ccccc7)n6)c5)ccc43)c21. The summed E-state index contributed by atoms with van der Waals surface area (Å²) >= 11 is 0. The van der Waals surface area contributed by atoms with Crippen LogP contribution in [0, 0.1) is 0 Å². The van der Waals surface area contributed by atoms with Crippen LogP contribution in [-0.4, -0.2) is 23.0 Å². The van der Waals surface area contributed by atoms with Crippen molar-refractivity contribution in [2.24, 2.45) is 0 Å². The normalized spacial score (nSPS) is 12.8. The van der Waals surface area contributed by atoms with Gasteiger partial charge in [-0.15, -0.1) is 0 Å². The smallest absolute Gasteiger partial charge is 0.208 e. The summed E-state index contributed by atoms with van der Waals surface area (Å²) in [6.45, 7) is 0. The Bertz CT molecular complexity index is 3300. The van der Waals surface area contributed by atoms with E-state index in [2.05, 4.69) is 108 Å². The van der Waals surface area contributed by atoms with Crippen molar-refractivity contribution in [3.05, 3.63) is 200 Å². The molecule has 10 aromatic rings. The highest BCUT2D eigenvalue weighted by molar-refractivity contribution is 7.92. The maximum Gasteiger partial charge on any atom is 0.208 e. The second-order valence-electron chi connectivity index (χ2n) is 14.6. The average Bonchev–Trinajstić information content (AvgIpc) is 3.75. The molecule has 0 N–H and O–H groups in total. The summed E-state index contributed by atoms with van der Waals surface area (Å²) < 4.78 is 30.5. The summed E-state index contributed by atoms with van der Waals surface area (Å²) in [5.41, 5.74) is 12.9. The van der Waals surface area contributed by atoms with Gasteiger partial charge >= 0.3 is 0 Å². The van der Waals surface area contributed by atoms with Crippen molar-refractivity contribution in [1.82, 2.24) is 14.5 Å². The van der Waals surface area contributed by atoms with Gasteiger partial charge in [-0.25, -0.2) is 18.4 Å². The van der Waals surface area contributed by atoms with Gasteiger partial charge in [-0.05, 0) is 53.6 Å². The predicted octanol–water partition coefficient (Wildman–Crippen LogP) is 12.7. The fourth-order valence-electron chi connectivity index (χ4n) is 8.52. The van der Waals surface area contributed by atoms with Gasteiger partial charge in [-0.1, -0.05) is 158 Å². The van der Waals surface area contributed by atoms with Gasteiger partial charge in [0.1, 0.15) is 0 Å². The Morgan fingerprint density at radius 1 is 0.379 bits per heavy atom. The van der Waals surface area contributed by atoms with E-state index in [0.29, 0.717) is 21.2 Å². The lowest BCUT2D eigenvalue weighted by Crippen LogP contribution is -2.02. The van der Waals surface area contributed by atoms with E-state index in [9.17, 15) is 8.42 Å². The van der Waals surface area contributed by atoms with E-state index in [4.69, 9.17) is 9.97 Å². The molecule has 2 aromatic heterocycles. The molecule has 1 aliphatic heterocycles. The number of para-hydroxylation sites is 2. The standard InChI is InChI=1S/C52H33N3O2S/c56-58(57)50-28-12-9-23-41(50)43-25-14-24-42(51(43)58)39-21-7-10-26-47(39)55-48-27-11-8-22-40(48)44-32-37(29-30-49(44)55)36-19-13-20-38(31-36)52-53-45(34-15-3-1-4-16-34)33-46(54-52)35-17-5-2-6-18-35/h1-33H. The van der Waals surface area contributed by atoms with Gasteiger partial charge in [0.25, 0.3) is 0 Å². The third kappa shape index (κ3) is 5.41. The fraction of sp³-hybridized carbons (Fsp3) is 0. The van der Waals surface area contributed by atoms with Crippen molar-refractivity contribution in [2.75, 3.05) is 0 Å². The molecule has 0 saturated heterocycles. The molecule has 1 aliphatic rings. The van der Waals surface area contributed by atoms with Crippen LogP contribution in [0.2, 0.25) is 0 Å². The van der Waals surface area contributed by atoms with Crippen LogP contribution in [-0.2, 0) is 9.84 Å². The van der Waals surface area contributed by atoms with Crippen LogP contribution in [0.3, 0.4) is 0 Å². The first-order chi connectivity index (χ1) is 28.5. The fourth-order valence-corrected chi connectivity index (χ4v) is 10.4. The first-order valence-corrected chi connectivity index (χ1v) is 20.7. The third-order valence-electron chi connectivity index (χ3n) is 11.2. The number of rotatable bonds is 6. The Hall–Kier alpha value is -7.41. The summed E-state index contributed by atoms with van der Waals surface area (Å²) in [4.78, 5) is 10.9. The minimum Gasteiger partial charge on any atom is -0.309 e. The summed E-state index contributed by atoms with van der Waals surface area (Å²) in [5.74, 6) is 0.661. The molecule has 274 valence electrons. The highest BCUT2D eigenvalue weighted by Crippen LogP contribution is 2.49. The molecular formula is C52H33N3O2S. The monoisotopic (exact) mass is 763 g/mol. The highest BCUT2D eigenvalue weighted by Gasteiger charge is 2.35. The largest absolute Gasteiger partial charge is 0.309 e. The number of nitrogens with zero attached hydrogens (tertiary/aromatic N) is 3. The van der Waals surface area contributed by atoms with Crippen molar-refractivity contribution in [1.29, 1.82) is 0 Å². The van der Waals surface area contributed by atoms with E-state index >= 15 is 0 Å².